The van der Waals surface area contributed by atoms with Crippen LogP contribution in [0.2, 0.25) is 0 Å². The minimum Gasteiger partial charge on any atom is -0.760 e. The molecule has 0 saturated heterocycles. The zero-order valence-corrected chi connectivity index (χ0v) is 7.34. The monoisotopic (exact) mass is 206 g/mol. The lowest BCUT2D eigenvalue weighted by atomic mass is 10.5. The Morgan fingerprint density at radius 2 is 1.83 bits per heavy atom. The van der Waals surface area contributed by atoms with Gasteiger partial charge >= 0.3 is 0 Å². The minimum absolute atomic E-state index is 0.272. The van der Waals surface area contributed by atoms with Gasteiger partial charge in [0, 0.05) is 12.4 Å². The second kappa shape index (κ2) is 3.30. The van der Waals surface area contributed by atoms with Crippen LogP contribution in [0.15, 0.2) is 29.4 Å². The minimum atomic E-state index is -4.20. The summed E-state index contributed by atoms with van der Waals surface area (Å²) in [6, 6.07) is 2.23. The Morgan fingerprint density at radius 1 is 1.33 bits per heavy atom. The summed E-state index contributed by atoms with van der Waals surface area (Å²) in [4.78, 5) is 3.28. The number of pyridine rings is 1. The van der Waals surface area contributed by atoms with Crippen molar-refractivity contribution in [2.24, 2.45) is 0 Å². The van der Waals surface area contributed by atoms with E-state index < -0.39 is 19.0 Å². The van der Waals surface area contributed by atoms with Gasteiger partial charge in [0.15, 0.2) is 0 Å². The van der Waals surface area contributed by atoms with Crippen LogP contribution in [0.25, 0.3) is 0 Å². The fourth-order valence-electron chi connectivity index (χ4n) is 0.583. The van der Waals surface area contributed by atoms with Crippen LogP contribution in [0.1, 0.15) is 0 Å². The third-order valence-corrected chi connectivity index (χ3v) is 3.98. The normalized spacial score (nSPS) is 14.1. The molecule has 0 aliphatic carbocycles. The van der Waals surface area contributed by atoms with Crippen LogP contribution in [0.5, 0.6) is 0 Å². The maximum atomic E-state index is 10.9. The molecule has 0 amide bonds. The third-order valence-electron chi connectivity index (χ3n) is 1.12. The largest absolute Gasteiger partial charge is 0.760 e. The molecule has 1 heterocycles. The van der Waals surface area contributed by atoms with Crippen molar-refractivity contribution in [3.63, 3.8) is 0 Å². The van der Waals surface area contributed by atoms with Crippen molar-refractivity contribution in [2.45, 2.75) is 4.90 Å². The fourth-order valence-corrected chi connectivity index (χ4v) is 2.00. The molecule has 0 radical (unpaired) electrons. The molecule has 66 valence electrons. The van der Waals surface area contributed by atoms with E-state index >= 15 is 0 Å². The van der Waals surface area contributed by atoms with Gasteiger partial charge in [0.25, 0.3) is 0 Å². The van der Waals surface area contributed by atoms with E-state index in [1.54, 1.807) is 0 Å². The van der Waals surface area contributed by atoms with Gasteiger partial charge < -0.3 is 4.55 Å². The van der Waals surface area contributed by atoms with Crippen molar-refractivity contribution in [2.75, 3.05) is 0 Å². The Balaban J connectivity index is 3.26. The van der Waals surface area contributed by atoms with Crippen LogP contribution in [0.3, 0.4) is 0 Å². The summed E-state index contributed by atoms with van der Waals surface area (Å²) in [6.07, 6.45) is 2.42. The SMILES string of the molecule is O=S([O-])S(=O)(=O)c1ccncc1. The smallest absolute Gasteiger partial charge is 0.245 e. The summed E-state index contributed by atoms with van der Waals surface area (Å²) < 4.78 is 42.2. The summed E-state index contributed by atoms with van der Waals surface area (Å²) >= 11 is 0. The van der Waals surface area contributed by atoms with E-state index in [0.717, 1.165) is 12.1 Å². The average molecular weight is 206 g/mol. The van der Waals surface area contributed by atoms with Gasteiger partial charge in [-0.05, 0) is 12.1 Å². The molecule has 0 fully saturated rings. The van der Waals surface area contributed by atoms with Crippen LogP contribution in [-0.2, 0) is 19.0 Å². The molecule has 7 heteroatoms. The molecule has 1 rings (SSSR count). The maximum absolute atomic E-state index is 10.9. The second-order valence-electron chi connectivity index (χ2n) is 1.84. The molecule has 0 saturated carbocycles. The first kappa shape index (κ1) is 9.30. The fraction of sp³-hybridized carbons (Fsp3) is 0. The summed E-state index contributed by atoms with van der Waals surface area (Å²) in [5, 5.41) is 0. The molecular formula is C5H4NO4S2-. The van der Waals surface area contributed by atoms with Crippen molar-refractivity contribution in [3.8, 4) is 0 Å². The highest BCUT2D eigenvalue weighted by Crippen LogP contribution is 2.10. The second-order valence-corrected chi connectivity index (χ2v) is 5.76. The molecule has 0 aromatic carbocycles. The molecule has 0 spiro atoms. The van der Waals surface area contributed by atoms with Crippen LogP contribution in [0, 0.1) is 0 Å². The van der Waals surface area contributed by atoms with Crippen molar-refractivity contribution in [3.05, 3.63) is 24.5 Å². The van der Waals surface area contributed by atoms with Gasteiger partial charge in [0.05, 0.1) is 15.0 Å². The van der Waals surface area contributed by atoms with Crippen molar-refractivity contribution in [1.29, 1.82) is 0 Å². The molecule has 1 atom stereocenters. The Kier molecular flexibility index (Phi) is 2.55. The predicted octanol–water partition coefficient (Wildman–Crippen LogP) is -0.351. The molecule has 1 aromatic rings. The van der Waals surface area contributed by atoms with E-state index in [2.05, 4.69) is 4.98 Å². The highest BCUT2D eigenvalue weighted by atomic mass is 33.2. The van der Waals surface area contributed by atoms with Crippen molar-refractivity contribution < 1.29 is 17.2 Å². The van der Waals surface area contributed by atoms with Crippen molar-refractivity contribution >= 4 is 19.0 Å². The van der Waals surface area contributed by atoms with E-state index in [0.29, 0.717) is 0 Å². The van der Waals surface area contributed by atoms with E-state index in [9.17, 15) is 17.2 Å². The standard InChI is InChI=1S/C5H5NO4S2/c7-11(8)12(9,10)5-1-3-6-4-2-5/h1-4H,(H,7,8)/p-1. The summed E-state index contributed by atoms with van der Waals surface area (Å²) in [6.45, 7) is 0. The molecule has 1 unspecified atom stereocenters. The third kappa shape index (κ3) is 1.68. The van der Waals surface area contributed by atoms with Crippen LogP contribution >= 0.6 is 0 Å². The van der Waals surface area contributed by atoms with Gasteiger partial charge in [0.2, 0.25) is 8.87 Å². The molecule has 12 heavy (non-hydrogen) atoms. The molecular weight excluding hydrogens is 202 g/mol. The van der Waals surface area contributed by atoms with Gasteiger partial charge in [-0.25, -0.2) is 8.42 Å². The quantitative estimate of drug-likeness (QED) is 0.487. The summed E-state index contributed by atoms with van der Waals surface area (Å²) in [5.74, 6) is 0. The average Bonchev–Trinajstić information content (AvgIpc) is 2.06. The highest BCUT2D eigenvalue weighted by molar-refractivity contribution is 8.61. The number of hydrogen-bond acceptors (Lipinski definition) is 5. The Morgan fingerprint density at radius 3 is 2.25 bits per heavy atom. The molecule has 0 bridgehead atoms. The van der Waals surface area contributed by atoms with Crippen LogP contribution in [0.4, 0.5) is 0 Å². The number of rotatable bonds is 2. The van der Waals surface area contributed by atoms with E-state index in [1.807, 2.05) is 0 Å². The molecule has 0 aliphatic rings. The van der Waals surface area contributed by atoms with Crippen LogP contribution in [-0.4, -0.2) is 22.2 Å². The van der Waals surface area contributed by atoms with Crippen molar-refractivity contribution in [1.82, 2.24) is 4.98 Å². The Labute approximate surface area is 71.1 Å². The number of hydrogen-bond donors (Lipinski definition) is 0. The van der Waals surface area contributed by atoms with Gasteiger partial charge in [-0.2, -0.15) is 0 Å². The molecule has 0 aliphatic heterocycles. The summed E-state index contributed by atoms with van der Waals surface area (Å²) in [5.41, 5.74) is 0. The lowest BCUT2D eigenvalue weighted by Gasteiger charge is -2.04. The molecule has 1 aromatic heterocycles. The highest BCUT2D eigenvalue weighted by Gasteiger charge is 2.13. The van der Waals surface area contributed by atoms with Gasteiger partial charge in [0.1, 0.15) is 0 Å². The Bertz CT molecular complexity index is 385. The zero-order chi connectivity index (χ0) is 9.19. The van der Waals surface area contributed by atoms with Gasteiger partial charge in [-0.1, -0.05) is 0 Å². The zero-order valence-electron chi connectivity index (χ0n) is 5.71. The van der Waals surface area contributed by atoms with E-state index in [1.165, 1.54) is 12.4 Å². The van der Waals surface area contributed by atoms with Crippen LogP contribution < -0.4 is 0 Å². The molecule has 0 N–H and O–H groups in total. The first-order chi connectivity index (χ1) is 5.55. The van der Waals surface area contributed by atoms with Gasteiger partial charge in [-0.15, -0.1) is 0 Å². The first-order valence-electron chi connectivity index (χ1n) is 2.80. The number of nitrogens with zero attached hydrogens (tertiary/aromatic N) is 1. The topological polar surface area (TPSA) is 87.2 Å². The van der Waals surface area contributed by atoms with E-state index in [-0.39, 0.29) is 4.90 Å². The predicted molar refractivity (Wildman–Crippen MR) is 40.3 cm³/mol. The lowest BCUT2D eigenvalue weighted by Crippen LogP contribution is -2.07. The maximum Gasteiger partial charge on any atom is 0.245 e. The Hall–Kier alpha value is -0.790. The lowest BCUT2D eigenvalue weighted by molar-refractivity contribution is 0.540. The molecule has 5 nitrogen and oxygen atoms in total. The summed E-state index contributed by atoms with van der Waals surface area (Å²) in [7, 11) is -7.33. The van der Waals surface area contributed by atoms with Gasteiger partial charge in [-0.3, -0.25) is 9.19 Å². The first-order valence-corrected chi connectivity index (χ1v) is 5.87. The number of aromatic nitrogens is 1. The van der Waals surface area contributed by atoms with E-state index in [4.69, 9.17) is 0 Å².